The second-order valence-electron chi connectivity index (χ2n) is 3.21. The fourth-order valence-electron chi connectivity index (χ4n) is 1.31. The Morgan fingerprint density at radius 1 is 1.47 bits per heavy atom. The smallest absolute Gasteiger partial charge is 0.225 e. The Kier molecular flexibility index (Phi) is 2.27. The van der Waals surface area contributed by atoms with E-state index in [1.807, 2.05) is 0 Å². The monoisotopic (exact) mass is 242 g/mol. The zero-order valence-electron chi connectivity index (χ0n) is 7.61. The summed E-state index contributed by atoms with van der Waals surface area (Å²) in [5.41, 5.74) is 0.678. The largest absolute Gasteiger partial charge is 0.379 e. The van der Waals surface area contributed by atoms with Gasteiger partial charge in [0.15, 0.2) is 5.65 Å². The van der Waals surface area contributed by atoms with Gasteiger partial charge in [0.05, 0.1) is 30.0 Å². The van der Waals surface area contributed by atoms with Crippen molar-refractivity contribution in [3.8, 4) is 0 Å². The number of thioether (sulfide) groups is 1. The van der Waals surface area contributed by atoms with Crippen molar-refractivity contribution in [3.63, 3.8) is 0 Å². The number of hydrogen-bond acceptors (Lipinski definition) is 5. The molecule has 2 aromatic heterocycles. The lowest BCUT2D eigenvalue weighted by molar-refractivity contribution is 0.0455. The van der Waals surface area contributed by atoms with E-state index in [9.17, 15) is 0 Å². The van der Waals surface area contributed by atoms with E-state index < -0.39 is 0 Å². The van der Waals surface area contributed by atoms with Gasteiger partial charge in [-0.25, -0.2) is 4.98 Å². The molecule has 0 spiro atoms. The Bertz CT molecular complexity index is 498. The predicted molar refractivity (Wildman–Crippen MR) is 57.2 cm³/mol. The second-order valence-corrected chi connectivity index (χ2v) is 4.83. The van der Waals surface area contributed by atoms with Crippen LogP contribution < -0.4 is 0 Å². The Hall–Kier alpha value is -0.850. The van der Waals surface area contributed by atoms with Crippen LogP contribution in [0.4, 0.5) is 0 Å². The summed E-state index contributed by atoms with van der Waals surface area (Å²) in [6.45, 7) is 1.54. The summed E-state index contributed by atoms with van der Waals surface area (Å²) in [6, 6.07) is 0. The van der Waals surface area contributed by atoms with Crippen LogP contribution in [0.1, 0.15) is 0 Å². The molecule has 0 saturated carbocycles. The predicted octanol–water partition coefficient (Wildman–Crippen LogP) is 1.50. The van der Waals surface area contributed by atoms with Crippen molar-refractivity contribution >= 4 is 34.4 Å². The number of rotatable bonds is 2. The van der Waals surface area contributed by atoms with Crippen LogP contribution >= 0.6 is 23.4 Å². The van der Waals surface area contributed by atoms with E-state index in [4.69, 9.17) is 16.3 Å². The lowest BCUT2D eigenvalue weighted by Crippen LogP contribution is -2.30. The van der Waals surface area contributed by atoms with Gasteiger partial charge in [-0.05, 0) is 11.6 Å². The Balaban J connectivity index is 2.02. The third kappa shape index (κ3) is 1.68. The van der Waals surface area contributed by atoms with Crippen LogP contribution in [0.2, 0.25) is 5.28 Å². The molecule has 2 aromatic rings. The van der Waals surface area contributed by atoms with Gasteiger partial charge in [0.2, 0.25) is 5.28 Å². The molecule has 0 unspecified atom stereocenters. The fourth-order valence-corrected chi connectivity index (χ4v) is 2.59. The van der Waals surface area contributed by atoms with Gasteiger partial charge in [0.25, 0.3) is 0 Å². The molecule has 7 heteroatoms. The number of fused-ring (bicyclic) bond motifs is 1. The summed E-state index contributed by atoms with van der Waals surface area (Å²) in [5, 5.41) is 9.20. The summed E-state index contributed by atoms with van der Waals surface area (Å²) in [4.78, 5) is 8.24. The molecule has 0 radical (unpaired) electrons. The maximum Gasteiger partial charge on any atom is 0.225 e. The Labute approximate surface area is 94.6 Å². The molecular formula is C8H7ClN4OS. The molecule has 0 atom stereocenters. The molecule has 3 rings (SSSR count). The lowest BCUT2D eigenvalue weighted by Gasteiger charge is -2.24. The van der Waals surface area contributed by atoms with Gasteiger partial charge in [0.1, 0.15) is 5.03 Å². The van der Waals surface area contributed by atoms with E-state index in [2.05, 4.69) is 20.2 Å². The van der Waals surface area contributed by atoms with E-state index in [-0.39, 0.29) is 5.28 Å². The number of nitrogens with one attached hydrogen (secondary N) is 1. The highest BCUT2D eigenvalue weighted by Crippen LogP contribution is 2.31. The van der Waals surface area contributed by atoms with Gasteiger partial charge in [-0.1, -0.05) is 11.8 Å². The van der Waals surface area contributed by atoms with E-state index >= 15 is 0 Å². The molecule has 1 fully saturated rings. The number of aromatic nitrogens is 4. The average molecular weight is 243 g/mol. The highest BCUT2D eigenvalue weighted by molar-refractivity contribution is 8.00. The van der Waals surface area contributed by atoms with Crippen molar-refractivity contribution in [2.75, 3.05) is 13.2 Å². The number of ether oxygens (including phenoxy) is 1. The van der Waals surface area contributed by atoms with Crippen LogP contribution in [0.25, 0.3) is 11.0 Å². The number of nitrogens with zero attached hydrogens (tertiary/aromatic N) is 3. The quantitative estimate of drug-likeness (QED) is 0.639. The molecule has 1 saturated heterocycles. The topological polar surface area (TPSA) is 63.7 Å². The van der Waals surface area contributed by atoms with Gasteiger partial charge in [0, 0.05) is 0 Å². The first-order valence-electron chi connectivity index (χ1n) is 4.44. The average Bonchev–Trinajstić information content (AvgIpc) is 2.58. The van der Waals surface area contributed by atoms with E-state index in [1.54, 1.807) is 18.0 Å². The van der Waals surface area contributed by atoms with Crippen molar-refractivity contribution in [2.24, 2.45) is 0 Å². The number of halogens is 1. The standard InChI is InChI=1S/C8H7ClN4OS/c9-8-11-6-5(1-10-13-6)7(12-8)15-4-2-14-3-4/h1,4H,2-3H2,(H,10,11,12,13). The van der Waals surface area contributed by atoms with Gasteiger partial charge in [-0.15, -0.1) is 0 Å². The van der Waals surface area contributed by atoms with Crippen molar-refractivity contribution in [1.29, 1.82) is 0 Å². The second kappa shape index (κ2) is 3.62. The van der Waals surface area contributed by atoms with Gasteiger partial charge < -0.3 is 4.74 Å². The maximum atomic E-state index is 5.81. The van der Waals surface area contributed by atoms with Crippen molar-refractivity contribution in [2.45, 2.75) is 10.3 Å². The third-order valence-corrected chi connectivity index (χ3v) is 3.44. The summed E-state index contributed by atoms with van der Waals surface area (Å²) in [5.74, 6) is 0. The molecule has 5 nitrogen and oxygen atoms in total. The first-order chi connectivity index (χ1) is 7.33. The van der Waals surface area contributed by atoms with Crippen LogP contribution in [-0.2, 0) is 4.74 Å². The minimum absolute atomic E-state index is 0.245. The Morgan fingerprint density at radius 2 is 2.33 bits per heavy atom. The molecule has 0 bridgehead atoms. The highest BCUT2D eigenvalue weighted by atomic mass is 35.5. The van der Waals surface area contributed by atoms with Crippen LogP contribution in [0.5, 0.6) is 0 Å². The molecule has 0 aliphatic carbocycles. The zero-order chi connectivity index (χ0) is 10.3. The highest BCUT2D eigenvalue weighted by Gasteiger charge is 2.22. The normalized spacial score (nSPS) is 16.9. The van der Waals surface area contributed by atoms with Crippen LogP contribution in [0, 0.1) is 0 Å². The van der Waals surface area contributed by atoms with E-state index in [0.717, 1.165) is 23.6 Å². The minimum atomic E-state index is 0.245. The fraction of sp³-hybridized carbons (Fsp3) is 0.375. The number of hydrogen-bond donors (Lipinski definition) is 1. The van der Waals surface area contributed by atoms with Gasteiger partial charge in [-0.2, -0.15) is 10.1 Å². The summed E-state index contributed by atoms with van der Waals surface area (Å²) < 4.78 is 5.11. The lowest BCUT2D eigenvalue weighted by atomic mass is 10.4. The third-order valence-electron chi connectivity index (χ3n) is 2.13. The molecule has 3 heterocycles. The van der Waals surface area contributed by atoms with E-state index in [1.165, 1.54) is 0 Å². The Morgan fingerprint density at radius 3 is 3.07 bits per heavy atom. The molecule has 0 aromatic carbocycles. The van der Waals surface area contributed by atoms with Crippen molar-refractivity contribution in [3.05, 3.63) is 11.5 Å². The zero-order valence-corrected chi connectivity index (χ0v) is 9.18. The van der Waals surface area contributed by atoms with Crippen molar-refractivity contribution in [1.82, 2.24) is 20.2 Å². The maximum absolute atomic E-state index is 5.81. The molecule has 1 aliphatic rings. The minimum Gasteiger partial charge on any atom is -0.379 e. The van der Waals surface area contributed by atoms with Gasteiger partial charge in [-0.3, -0.25) is 5.10 Å². The first kappa shape index (κ1) is 9.38. The van der Waals surface area contributed by atoms with Crippen LogP contribution in [0.15, 0.2) is 11.2 Å². The summed E-state index contributed by atoms with van der Waals surface area (Å²) in [6.07, 6.45) is 1.72. The number of aromatic amines is 1. The molecule has 15 heavy (non-hydrogen) atoms. The molecule has 1 aliphatic heterocycles. The van der Waals surface area contributed by atoms with Crippen LogP contribution in [-0.4, -0.2) is 38.6 Å². The molecule has 1 N–H and O–H groups in total. The molecule has 78 valence electrons. The van der Waals surface area contributed by atoms with E-state index in [0.29, 0.717) is 10.9 Å². The SMILES string of the molecule is Clc1nc(SC2COC2)c2cn[nH]c2n1. The summed E-state index contributed by atoms with van der Waals surface area (Å²) >= 11 is 7.47. The molecule has 0 amide bonds. The van der Waals surface area contributed by atoms with Crippen LogP contribution in [0.3, 0.4) is 0 Å². The van der Waals surface area contributed by atoms with Crippen molar-refractivity contribution < 1.29 is 4.74 Å². The molecular weight excluding hydrogens is 236 g/mol. The summed E-state index contributed by atoms with van der Waals surface area (Å²) in [7, 11) is 0. The first-order valence-corrected chi connectivity index (χ1v) is 5.70. The number of H-pyrrole nitrogens is 1. The van der Waals surface area contributed by atoms with Gasteiger partial charge >= 0.3 is 0 Å².